The zero-order valence-electron chi connectivity index (χ0n) is 11.0. The molecule has 0 saturated carbocycles. The Kier molecular flexibility index (Phi) is 5.48. The second-order valence-corrected chi connectivity index (χ2v) is 5.38. The number of hydrogen-bond acceptors (Lipinski definition) is 2. The summed E-state index contributed by atoms with van der Waals surface area (Å²) in [6, 6.07) is 8.34. The van der Waals surface area contributed by atoms with Crippen LogP contribution in [0.4, 0.5) is 0 Å². The van der Waals surface area contributed by atoms with Crippen LogP contribution in [-0.2, 0) is 4.74 Å². The van der Waals surface area contributed by atoms with Crippen LogP contribution in [0.2, 0.25) is 5.02 Å². The Morgan fingerprint density at radius 1 is 1.44 bits per heavy atom. The molecule has 2 rings (SSSR count). The van der Waals surface area contributed by atoms with Crippen molar-refractivity contribution in [2.24, 2.45) is 0 Å². The Hall–Kier alpha value is -0.570. The summed E-state index contributed by atoms with van der Waals surface area (Å²) in [5.41, 5.74) is 1.18. The molecule has 3 heteroatoms. The van der Waals surface area contributed by atoms with Crippen molar-refractivity contribution in [1.82, 2.24) is 5.32 Å². The van der Waals surface area contributed by atoms with Crippen LogP contribution in [0.3, 0.4) is 0 Å². The standard InChI is InChI=1S/C15H22ClNO/c1-12(14-8-2-3-9-15(14)16)17-10-4-6-13-7-5-11-18-13/h2-3,8-9,12-13,17H,4-7,10-11H2,1H3/t12-,13?/m1/s1. The van der Waals surface area contributed by atoms with Gasteiger partial charge in [-0.1, -0.05) is 29.8 Å². The third kappa shape index (κ3) is 3.98. The van der Waals surface area contributed by atoms with Gasteiger partial charge in [-0.25, -0.2) is 0 Å². The molecule has 0 aliphatic carbocycles. The zero-order valence-corrected chi connectivity index (χ0v) is 11.7. The highest BCUT2D eigenvalue weighted by Gasteiger charge is 2.15. The Balaban J connectivity index is 1.68. The van der Waals surface area contributed by atoms with E-state index >= 15 is 0 Å². The Morgan fingerprint density at radius 3 is 3.00 bits per heavy atom. The second-order valence-electron chi connectivity index (χ2n) is 4.97. The van der Waals surface area contributed by atoms with Gasteiger partial charge in [0.2, 0.25) is 0 Å². The van der Waals surface area contributed by atoms with E-state index in [4.69, 9.17) is 16.3 Å². The van der Waals surface area contributed by atoms with Gasteiger partial charge in [-0.3, -0.25) is 0 Å². The molecule has 2 atom stereocenters. The second kappa shape index (κ2) is 7.13. The maximum Gasteiger partial charge on any atom is 0.0576 e. The molecule has 0 spiro atoms. The fraction of sp³-hybridized carbons (Fsp3) is 0.600. The number of halogens is 1. The van der Waals surface area contributed by atoms with E-state index in [-0.39, 0.29) is 0 Å². The first-order valence-electron chi connectivity index (χ1n) is 6.87. The molecule has 1 fully saturated rings. The smallest absolute Gasteiger partial charge is 0.0576 e. The van der Waals surface area contributed by atoms with Crippen molar-refractivity contribution in [3.05, 3.63) is 34.9 Å². The van der Waals surface area contributed by atoms with Gasteiger partial charge in [-0.15, -0.1) is 0 Å². The number of nitrogens with one attached hydrogen (secondary N) is 1. The monoisotopic (exact) mass is 267 g/mol. The van der Waals surface area contributed by atoms with Gasteiger partial charge in [0.1, 0.15) is 0 Å². The molecule has 1 aromatic carbocycles. The summed E-state index contributed by atoms with van der Waals surface area (Å²) in [5.74, 6) is 0. The summed E-state index contributed by atoms with van der Waals surface area (Å²) < 4.78 is 5.61. The van der Waals surface area contributed by atoms with Crippen LogP contribution in [-0.4, -0.2) is 19.3 Å². The molecule has 2 nitrogen and oxygen atoms in total. The maximum atomic E-state index is 6.18. The maximum absolute atomic E-state index is 6.18. The zero-order chi connectivity index (χ0) is 12.8. The number of benzene rings is 1. The fourth-order valence-corrected chi connectivity index (χ4v) is 2.76. The van der Waals surface area contributed by atoms with Crippen LogP contribution in [0.5, 0.6) is 0 Å². The molecule has 1 aliphatic heterocycles. The first-order valence-corrected chi connectivity index (χ1v) is 7.24. The van der Waals surface area contributed by atoms with Crippen molar-refractivity contribution in [3.63, 3.8) is 0 Å². The molecular formula is C15H22ClNO. The van der Waals surface area contributed by atoms with Crippen molar-refractivity contribution in [1.29, 1.82) is 0 Å². The van der Waals surface area contributed by atoms with Crippen LogP contribution in [0.1, 0.15) is 44.2 Å². The lowest BCUT2D eigenvalue weighted by atomic mass is 10.1. The highest BCUT2D eigenvalue weighted by Crippen LogP contribution is 2.22. The van der Waals surface area contributed by atoms with Crippen LogP contribution >= 0.6 is 11.6 Å². The predicted octanol–water partition coefficient (Wildman–Crippen LogP) is 3.95. The van der Waals surface area contributed by atoms with E-state index in [0.717, 1.165) is 18.2 Å². The van der Waals surface area contributed by atoms with Gasteiger partial charge in [-0.05, 0) is 50.8 Å². The summed E-state index contributed by atoms with van der Waals surface area (Å²) in [5, 5.41) is 4.37. The van der Waals surface area contributed by atoms with Crippen LogP contribution < -0.4 is 5.32 Å². The number of ether oxygens (including phenoxy) is 1. The Morgan fingerprint density at radius 2 is 2.28 bits per heavy atom. The summed E-state index contributed by atoms with van der Waals surface area (Å²) in [6.07, 6.45) is 5.30. The van der Waals surface area contributed by atoms with Crippen molar-refractivity contribution in [3.8, 4) is 0 Å². The highest BCUT2D eigenvalue weighted by molar-refractivity contribution is 6.31. The molecule has 1 aliphatic rings. The first kappa shape index (κ1) is 13.9. The predicted molar refractivity (Wildman–Crippen MR) is 76.1 cm³/mol. The molecule has 1 unspecified atom stereocenters. The van der Waals surface area contributed by atoms with Crippen LogP contribution in [0, 0.1) is 0 Å². The molecular weight excluding hydrogens is 246 g/mol. The van der Waals surface area contributed by atoms with Gasteiger partial charge in [0.15, 0.2) is 0 Å². The topological polar surface area (TPSA) is 21.3 Å². The van der Waals surface area contributed by atoms with Crippen LogP contribution in [0.25, 0.3) is 0 Å². The lowest BCUT2D eigenvalue weighted by Gasteiger charge is -2.16. The summed E-state index contributed by atoms with van der Waals surface area (Å²) in [4.78, 5) is 0. The van der Waals surface area contributed by atoms with E-state index in [1.165, 1.54) is 31.2 Å². The largest absolute Gasteiger partial charge is 0.378 e. The van der Waals surface area contributed by atoms with E-state index in [2.05, 4.69) is 18.3 Å². The minimum atomic E-state index is 0.309. The average molecular weight is 268 g/mol. The molecule has 1 aromatic rings. The van der Waals surface area contributed by atoms with Gasteiger partial charge >= 0.3 is 0 Å². The Bertz CT molecular complexity index is 363. The average Bonchev–Trinajstić information content (AvgIpc) is 2.88. The lowest BCUT2D eigenvalue weighted by Crippen LogP contribution is -2.21. The molecule has 1 N–H and O–H groups in total. The third-order valence-electron chi connectivity index (χ3n) is 3.55. The summed E-state index contributed by atoms with van der Waals surface area (Å²) in [7, 11) is 0. The fourth-order valence-electron chi connectivity index (χ4n) is 2.46. The number of rotatable bonds is 6. The first-order chi connectivity index (χ1) is 8.77. The van der Waals surface area contributed by atoms with Gasteiger partial charge < -0.3 is 10.1 Å². The van der Waals surface area contributed by atoms with E-state index < -0.39 is 0 Å². The van der Waals surface area contributed by atoms with E-state index in [1.54, 1.807) is 0 Å². The summed E-state index contributed by atoms with van der Waals surface area (Å²) >= 11 is 6.18. The van der Waals surface area contributed by atoms with Crippen molar-refractivity contribution >= 4 is 11.6 Å². The highest BCUT2D eigenvalue weighted by atomic mass is 35.5. The third-order valence-corrected chi connectivity index (χ3v) is 3.89. The molecule has 0 amide bonds. The minimum absolute atomic E-state index is 0.309. The number of hydrogen-bond donors (Lipinski definition) is 1. The van der Waals surface area contributed by atoms with Gasteiger partial charge in [0.05, 0.1) is 6.10 Å². The molecule has 100 valence electrons. The normalized spacial score (nSPS) is 21.1. The van der Waals surface area contributed by atoms with E-state index in [1.807, 2.05) is 18.2 Å². The molecule has 18 heavy (non-hydrogen) atoms. The van der Waals surface area contributed by atoms with Gasteiger partial charge in [0.25, 0.3) is 0 Å². The van der Waals surface area contributed by atoms with E-state index in [9.17, 15) is 0 Å². The molecule has 0 bridgehead atoms. The summed E-state index contributed by atoms with van der Waals surface area (Å²) in [6.45, 7) is 4.13. The minimum Gasteiger partial charge on any atom is -0.378 e. The van der Waals surface area contributed by atoms with Crippen LogP contribution in [0.15, 0.2) is 24.3 Å². The lowest BCUT2D eigenvalue weighted by molar-refractivity contribution is 0.102. The van der Waals surface area contributed by atoms with Gasteiger partial charge in [-0.2, -0.15) is 0 Å². The molecule has 0 aromatic heterocycles. The van der Waals surface area contributed by atoms with Gasteiger partial charge in [0, 0.05) is 17.7 Å². The van der Waals surface area contributed by atoms with E-state index in [0.29, 0.717) is 12.1 Å². The molecule has 1 heterocycles. The van der Waals surface area contributed by atoms with Crippen molar-refractivity contribution < 1.29 is 4.74 Å². The van der Waals surface area contributed by atoms with Crippen molar-refractivity contribution in [2.45, 2.75) is 44.8 Å². The quantitative estimate of drug-likeness (QED) is 0.788. The Labute approximate surface area is 115 Å². The van der Waals surface area contributed by atoms with Crippen molar-refractivity contribution in [2.75, 3.05) is 13.2 Å². The SMILES string of the molecule is C[C@@H](NCCCC1CCCO1)c1ccccc1Cl. The molecule has 1 saturated heterocycles. The molecule has 0 radical (unpaired) electrons.